The van der Waals surface area contributed by atoms with Gasteiger partial charge >= 0.3 is 0 Å². The first-order valence-electron chi connectivity index (χ1n) is 9.59. The van der Waals surface area contributed by atoms with Crippen molar-refractivity contribution in [3.8, 4) is 0 Å². The number of piperidine rings is 1. The fourth-order valence-corrected chi connectivity index (χ4v) is 3.61. The molecule has 2 rings (SSSR count). The smallest absolute Gasteiger partial charge is 0.231 e. The Morgan fingerprint density at radius 2 is 1.92 bits per heavy atom. The second-order valence-corrected chi connectivity index (χ2v) is 7.81. The summed E-state index contributed by atoms with van der Waals surface area (Å²) in [6.07, 6.45) is 2.94. The van der Waals surface area contributed by atoms with Gasteiger partial charge in [-0.2, -0.15) is 5.10 Å². The van der Waals surface area contributed by atoms with Gasteiger partial charge in [0.2, 0.25) is 11.8 Å². The number of carbonyl (C=O) groups excluding carboxylic acids is 2. The van der Waals surface area contributed by atoms with Gasteiger partial charge in [-0.15, -0.1) is 0 Å². The third-order valence-electron chi connectivity index (χ3n) is 5.00. The molecule has 1 aliphatic rings. The number of hydrogen-bond acceptors (Lipinski definition) is 4. The van der Waals surface area contributed by atoms with Crippen LogP contribution in [-0.2, 0) is 22.6 Å². The molecule has 0 aliphatic carbocycles. The minimum atomic E-state index is -0.295. The van der Waals surface area contributed by atoms with Crippen molar-refractivity contribution in [2.24, 2.45) is 11.7 Å². The van der Waals surface area contributed by atoms with Crippen LogP contribution >= 0.6 is 0 Å². The molecule has 7 heteroatoms. The average molecular weight is 364 g/mol. The molecule has 0 saturated carbocycles. The van der Waals surface area contributed by atoms with Crippen molar-refractivity contribution in [1.82, 2.24) is 20.0 Å². The fourth-order valence-electron chi connectivity index (χ4n) is 3.61. The van der Waals surface area contributed by atoms with Crippen LogP contribution in [0.1, 0.15) is 50.1 Å². The zero-order valence-corrected chi connectivity index (χ0v) is 16.5. The van der Waals surface area contributed by atoms with Crippen molar-refractivity contribution in [2.75, 3.05) is 19.6 Å². The molecule has 0 aromatic carbocycles. The summed E-state index contributed by atoms with van der Waals surface area (Å²) in [5.74, 6) is 0.342. The van der Waals surface area contributed by atoms with E-state index in [1.54, 1.807) is 0 Å². The summed E-state index contributed by atoms with van der Waals surface area (Å²) in [6.45, 7) is 11.3. The van der Waals surface area contributed by atoms with Crippen LogP contribution < -0.4 is 11.1 Å². The first-order chi connectivity index (χ1) is 12.3. The number of nitrogens with zero attached hydrogens (tertiary/aromatic N) is 3. The first-order valence-corrected chi connectivity index (χ1v) is 9.59. The molecule has 1 fully saturated rings. The number of nitrogens with one attached hydrogen (secondary N) is 1. The van der Waals surface area contributed by atoms with E-state index in [4.69, 9.17) is 5.73 Å². The number of aromatic nitrogens is 2. The molecule has 7 nitrogen and oxygen atoms in total. The van der Waals surface area contributed by atoms with E-state index in [2.05, 4.69) is 35.9 Å². The van der Waals surface area contributed by atoms with Crippen molar-refractivity contribution < 1.29 is 9.59 Å². The molecule has 1 aromatic heterocycles. The molecule has 0 radical (unpaired) electrons. The summed E-state index contributed by atoms with van der Waals surface area (Å²) < 4.78 is 2.06. The predicted molar refractivity (Wildman–Crippen MR) is 102 cm³/mol. The van der Waals surface area contributed by atoms with E-state index in [0.29, 0.717) is 18.9 Å². The molecule has 2 heterocycles. The molecule has 26 heavy (non-hydrogen) atoms. The summed E-state index contributed by atoms with van der Waals surface area (Å²) in [6, 6.07) is 0.192. The van der Waals surface area contributed by atoms with E-state index in [9.17, 15) is 9.59 Å². The Hall–Kier alpha value is -1.89. The highest BCUT2D eigenvalue weighted by Crippen LogP contribution is 2.17. The Morgan fingerprint density at radius 1 is 1.27 bits per heavy atom. The van der Waals surface area contributed by atoms with Gasteiger partial charge < -0.3 is 11.1 Å². The molecule has 3 N–H and O–H groups in total. The molecule has 146 valence electrons. The number of primary amides is 1. The lowest BCUT2D eigenvalue weighted by molar-refractivity contribution is -0.123. The summed E-state index contributed by atoms with van der Waals surface area (Å²) >= 11 is 0. The number of nitrogens with two attached hydrogens (primary N) is 1. The van der Waals surface area contributed by atoms with Crippen molar-refractivity contribution in [2.45, 2.75) is 66.0 Å². The van der Waals surface area contributed by atoms with Crippen molar-refractivity contribution in [1.29, 1.82) is 0 Å². The highest BCUT2D eigenvalue weighted by molar-refractivity contribution is 5.77. The largest absolute Gasteiger partial charge is 0.369 e. The van der Waals surface area contributed by atoms with Crippen LogP contribution in [0.4, 0.5) is 0 Å². The molecule has 1 aliphatic heterocycles. The van der Waals surface area contributed by atoms with Crippen LogP contribution in [0.5, 0.6) is 0 Å². The molecule has 1 aromatic rings. The first kappa shape index (κ1) is 20.4. The van der Waals surface area contributed by atoms with E-state index in [0.717, 1.165) is 44.6 Å². The quantitative estimate of drug-likeness (QED) is 0.725. The molecule has 0 bridgehead atoms. The highest BCUT2D eigenvalue weighted by Gasteiger charge is 2.22. The molecular weight excluding hydrogens is 330 g/mol. The van der Waals surface area contributed by atoms with Gasteiger partial charge in [0.15, 0.2) is 0 Å². The maximum Gasteiger partial charge on any atom is 0.231 e. The lowest BCUT2D eigenvalue weighted by Crippen LogP contribution is -2.46. The van der Waals surface area contributed by atoms with Gasteiger partial charge in [-0.3, -0.25) is 19.2 Å². The summed E-state index contributed by atoms with van der Waals surface area (Å²) in [5, 5.41) is 7.75. The molecule has 0 spiro atoms. The zero-order chi connectivity index (χ0) is 19.3. The van der Waals surface area contributed by atoms with E-state index < -0.39 is 0 Å². The van der Waals surface area contributed by atoms with E-state index in [1.165, 1.54) is 11.3 Å². The Labute approximate surface area is 156 Å². The van der Waals surface area contributed by atoms with Gasteiger partial charge in [0.25, 0.3) is 0 Å². The number of carbonyl (C=O) groups is 2. The number of hydrogen-bond donors (Lipinski definition) is 2. The molecular formula is C19H33N5O2. The predicted octanol–water partition coefficient (Wildman–Crippen LogP) is 1.15. The lowest BCUT2D eigenvalue weighted by Gasteiger charge is -2.31. The second kappa shape index (κ2) is 9.16. The molecule has 0 unspecified atom stereocenters. The third-order valence-corrected chi connectivity index (χ3v) is 5.00. The van der Waals surface area contributed by atoms with Crippen molar-refractivity contribution >= 4 is 11.8 Å². The second-order valence-electron chi connectivity index (χ2n) is 7.81. The number of likely N-dealkylation sites (tertiary alicyclic amines) is 1. The van der Waals surface area contributed by atoms with Gasteiger partial charge in [0, 0.05) is 37.8 Å². The summed E-state index contributed by atoms with van der Waals surface area (Å²) in [4.78, 5) is 25.3. The Bertz CT molecular complexity index is 630. The van der Waals surface area contributed by atoms with Crippen LogP contribution in [0.2, 0.25) is 0 Å². The Balaban J connectivity index is 1.79. The zero-order valence-electron chi connectivity index (χ0n) is 16.5. The topological polar surface area (TPSA) is 93.2 Å². The van der Waals surface area contributed by atoms with E-state index >= 15 is 0 Å². The van der Waals surface area contributed by atoms with Crippen molar-refractivity contribution in [3.63, 3.8) is 0 Å². The van der Waals surface area contributed by atoms with Gasteiger partial charge in [-0.25, -0.2) is 0 Å². The van der Waals surface area contributed by atoms with Crippen LogP contribution in [-0.4, -0.2) is 52.2 Å². The molecule has 2 amide bonds. The van der Waals surface area contributed by atoms with Gasteiger partial charge in [-0.05, 0) is 44.6 Å². The van der Waals surface area contributed by atoms with Crippen LogP contribution in [0.3, 0.4) is 0 Å². The minimum Gasteiger partial charge on any atom is -0.369 e. The van der Waals surface area contributed by atoms with Gasteiger partial charge in [0.1, 0.15) is 0 Å². The standard InChI is InChI=1S/C19H33N5O2/c1-13(2)11-24-15(4)17(14(3)22-24)5-6-19(26)21-16-7-9-23(10-8-16)12-18(20)25/h13,16H,5-12H2,1-4H3,(H2,20,25)(H,21,26). The normalized spacial score (nSPS) is 16.2. The molecule has 0 atom stereocenters. The average Bonchev–Trinajstić information content (AvgIpc) is 2.80. The van der Waals surface area contributed by atoms with Crippen LogP contribution in [0.25, 0.3) is 0 Å². The van der Waals surface area contributed by atoms with E-state index in [1.807, 2.05) is 11.8 Å². The van der Waals surface area contributed by atoms with Crippen LogP contribution in [0, 0.1) is 19.8 Å². The highest BCUT2D eigenvalue weighted by atomic mass is 16.2. The van der Waals surface area contributed by atoms with Crippen LogP contribution in [0.15, 0.2) is 0 Å². The van der Waals surface area contributed by atoms with Crippen molar-refractivity contribution in [3.05, 3.63) is 17.0 Å². The van der Waals surface area contributed by atoms with Gasteiger partial charge in [-0.1, -0.05) is 13.8 Å². The fraction of sp³-hybridized carbons (Fsp3) is 0.737. The SMILES string of the molecule is Cc1nn(CC(C)C)c(C)c1CCC(=O)NC1CCN(CC(N)=O)CC1. The Kier molecular flexibility index (Phi) is 7.20. The minimum absolute atomic E-state index is 0.0914. The number of aryl methyl sites for hydroxylation is 1. The van der Waals surface area contributed by atoms with E-state index in [-0.39, 0.29) is 17.9 Å². The molecule has 1 saturated heterocycles. The third kappa shape index (κ3) is 5.83. The number of amides is 2. The summed E-state index contributed by atoms with van der Waals surface area (Å²) in [7, 11) is 0. The summed E-state index contributed by atoms with van der Waals surface area (Å²) in [5.41, 5.74) is 8.61. The van der Waals surface area contributed by atoms with Gasteiger partial charge in [0.05, 0.1) is 12.2 Å². The lowest BCUT2D eigenvalue weighted by atomic mass is 10.0. The Morgan fingerprint density at radius 3 is 2.50 bits per heavy atom. The monoisotopic (exact) mass is 363 g/mol. The number of rotatable bonds is 8. The maximum atomic E-state index is 12.3. The maximum absolute atomic E-state index is 12.3.